The predicted molar refractivity (Wildman–Crippen MR) is 60.5 cm³/mol. The number of ether oxygens (including phenoxy) is 1. The molecule has 1 N–H and O–H groups in total. The Morgan fingerprint density at radius 1 is 1.29 bits per heavy atom. The van der Waals surface area contributed by atoms with Crippen molar-refractivity contribution in [3.05, 3.63) is 0 Å². The monoisotopic (exact) mass is 199 g/mol. The molecule has 2 heteroatoms. The third-order valence-electron chi connectivity index (χ3n) is 3.31. The van der Waals surface area contributed by atoms with Crippen LogP contribution in [-0.4, -0.2) is 26.3 Å². The van der Waals surface area contributed by atoms with Gasteiger partial charge in [0.2, 0.25) is 0 Å². The lowest BCUT2D eigenvalue weighted by molar-refractivity contribution is 0.114. The van der Waals surface area contributed by atoms with Crippen LogP contribution in [0, 0.1) is 5.92 Å². The van der Waals surface area contributed by atoms with E-state index in [2.05, 4.69) is 19.3 Å². The van der Waals surface area contributed by atoms with Crippen molar-refractivity contribution in [2.75, 3.05) is 20.3 Å². The van der Waals surface area contributed by atoms with Crippen molar-refractivity contribution < 1.29 is 4.74 Å². The van der Waals surface area contributed by atoms with Gasteiger partial charge in [0.05, 0.1) is 0 Å². The third kappa shape index (κ3) is 3.97. The summed E-state index contributed by atoms with van der Waals surface area (Å²) in [5, 5.41) is 3.41. The smallest absolute Gasteiger partial charge is 0.0469 e. The highest BCUT2D eigenvalue weighted by molar-refractivity contribution is 4.81. The van der Waals surface area contributed by atoms with Crippen LogP contribution in [0.1, 0.15) is 45.4 Å². The molecule has 1 saturated carbocycles. The van der Waals surface area contributed by atoms with Crippen LogP contribution in [0.25, 0.3) is 0 Å². The summed E-state index contributed by atoms with van der Waals surface area (Å²) in [5.41, 5.74) is 0. The second-order valence-corrected chi connectivity index (χ2v) is 4.34. The van der Waals surface area contributed by atoms with Gasteiger partial charge in [-0.05, 0) is 38.6 Å². The van der Waals surface area contributed by atoms with Gasteiger partial charge in [0.25, 0.3) is 0 Å². The maximum absolute atomic E-state index is 5.60. The summed E-state index contributed by atoms with van der Waals surface area (Å²) >= 11 is 0. The van der Waals surface area contributed by atoms with Crippen LogP contribution in [0.5, 0.6) is 0 Å². The fourth-order valence-corrected chi connectivity index (χ4v) is 2.35. The van der Waals surface area contributed by atoms with E-state index in [0.29, 0.717) is 0 Å². The van der Waals surface area contributed by atoms with Crippen molar-refractivity contribution in [2.45, 2.75) is 51.5 Å². The number of unbranched alkanes of at least 4 members (excludes halogenated alkanes) is 1. The minimum absolute atomic E-state index is 0.754. The first-order valence-corrected chi connectivity index (χ1v) is 6.13. The maximum Gasteiger partial charge on any atom is 0.0469 e. The molecule has 0 radical (unpaired) electrons. The highest BCUT2D eigenvalue weighted by Crippen LogP contribution is 2.27. The maximum atomic E-state index is 5.60. The molecule has 1 fully saturated rings. The first kappa shape index (κ1) is 12.0. The van der Waals surface area contributed by atoms with Gasteiger partial charge in [-0.15, -0.1) is 0 Å². The Morgan fingerprint density at radius 2 is 2.14 bits per heavy atom. The second kappa shape index (κ2) is 7.24. The minimum atomic E-state index is 0.754. The van der Waals surface area contributed by atoms with Crippen LogP contribution in [-0.2, 0) is 4.74 Å². The van der Waals surface area contributed by atoms with E-state index in [-0.39, 0.29) is 0 Å². The summed E-state index contributed by atoms with van der Waals surface area (Å²) in [6.45, 7) is 4.12. The average molecular weight is 199 g/mol. The van der Waals surface area contributed by atoms with Crippen molar-refractivity contribution in [2.24, 2.45) is 5.92 Å². The van der Waals surface area contributed by atoms with Gasteiger partial charge in [-0.3, -0.25) is 0 Å². The number of rotatable bonds is 7. The SMILES string of the molecule is CCCCOCCC1CCCC1NC. The molecule has 0 amide bonds. The van der Waals surface area contributed by atoms with Crippen molar-refractivity contribution >= 4 is 0 Å². The second-order valence-electron chi connectivity index (χ2n) is 4.34. The Hall–Kier alpha value is -0.0800. The lowest BCUT2D eigenvalue weighted by Gasteiger charge is -2.18. The molecule has 0 saturated heterocycles. The van der Waals surface area contributed by atoms with Gasteiger partial charge in [-0.25, -0.2) is 0 Å². The molecule has 0 aromatic carbocycles. The molecule has 0 aliphatic heterocycles. The van der Waals surface area contributed by atoms with Crippen molar-refractivity contribution in [3.63, 3.8) is 0 Å². The lowest BCUT2D eigenvalue weighted by Crippen LogP contribution is -2.29. The largest absolute Gasteiger partial charge is 0.381 e. The fraction of sp³-hybridized carbons (Fsp3) is 1.00. The van der Waals surface area contributed by atoms with Crippen LogP contribution in [0.3, 0.4) is 0 Å². The van der Waals surface area contributed by atoms with Crippen LogP contribution in [0.2, 0.25) is 0 Å². The molecule has 0 aromatic heterocycles. The Balaban J connectivity index is 2.00. The molecule has 2 atom stereocenters. The summed E-state index contributed by atoms with van der Waals surface area (Å²) in [6.07, 6.45) is 7.84. The number of hydrogen-bond donors (Lipinski definition) is 1. The van der Waals surface area contributed by atoms with E-state index >= 15 is 0 Å². The average Bonchev–Trinajstić information content (AvgIpc) is 2.65. The van der Waals surface area contributed by atoms with Crippen LogP contribution >= 0.6 is 0 Å². The Morgan fingerprint density at radius 3 is 2.86 bits per heavy atom. The molecule has 1 rings (SSSR count). The fourth-order valence-electron chi connectivity index (χ4n) is 2.35. The summed E-state index contributed by atoms with van der Waals surface area (Å²) in [5.74, 6) is 0.863. The first-order valence-electron chi connectivity index (χ1n) is 6.13. The van der Waals surface area contributed by atoms with Gasteiger partial charge < -0.3 is 10.1 Å². The van der Waals surface area contributed by atoms with E-state index in [1.165, 1.54) is 38.5 Å². The van der Waals surface area contributed by atoms with Gasteiger partial charge in [-0.1, -0.05) is 19.8 Å². The first-order chi connectivity index (χ1) is 6.88. The zero-order chi connectivity index (χ0) is 10.2. The Kier molecular flexibility index (Phi) is 6.20. The van der Waals surface area contributed by atoms with Crippen molar-refractivity contribution in [1.29, 1.82) is 0 Å². The molecule has 1 aliphatic rings. The van der Waals surface area contributed by atoms with E-state index < -0.39 is 0 Å². The molecule has 0 spiro atoms. The summed E-state index contributed by atoms with van der Waals surface area (Å²) in [7, 11) is 2.08. The summed E-state index contributed by atoms with van der Waals surface area (Å²) < 4.78 is 5.60. The standard InChI is InChI=1S/C12H25NO/c1-3-4-9-14-10-8-11-6-5-7-12(11)13-2/h11-13H,3-10H2,1-2H3. The van der Waals surface area contributed by atoms with E-state index in [1.54, 1.807) is 0 Å². The zero-order valence-electron chi connectivity index (χ0n) is 9.72. The molecular formula is C12H25NO. The van der Waals surface area contributed by atoms with Gasteiger partial charge in [0.1, 0.15) is 0 Å². The van der Waals surface area contributed by atoms with E-state index in [1.807, 2.05) is 0 Å². The summed E-state index contributed by atoms with van der Waals surface area (Å²) in [6, 6.07) is 0.754. The minimum Gasteiger partial charge on any atom is -0.381 e. The number of nitrogens with one attached hydrogen (secondary N) is 1. The molecule has 2 unspecified atom stereocenters. The third-order valence-corrected chi connectivity index (χ3v) is 3.31. The molecular weight excluding hydrogens is 174 g/mol. The highest BCUT2D eigenvalue weighted by atomic mass is 16.5. The quantitative estimate of drug-likeness (QED) is 0.636. The zero-order valence-corrected chi connectivity index (χ0v) is 9.72. The van der Waals surface area contributed by atoms with Crippen LogP contribution in [0.4, 0.5) is 0 Å². The van der Waals surface area contributed by atoms with Gasteiger partial charge >= 0.3 is 0 Å². The van der Waals surface area contributed by atoms with E-state index in [4.69, 9.17) is 4.74 Å². The Labute approximate surface area is 88.4 Å². The topological polar surface area (TPSA) is 21.3 Å². The molecule has 1 aliphatic carbocycles. The van der Waals surface area contributed by atoms with Crippen molar-refractivity contribution in [3.8, 4) is 0 Å². The van der Waals surface area contributed by atoms with Gasteiger partial charge in [0, 0.05) is 19.3 Å². The lowest BCUT2D eigenvalue weighted by atomic mass is 10.0. The summed E-state index contributed by atoms with van der Waals surface area (Å²) in [4.78, 5) is 0. The van der Waals surface area contributed by atoms with Crippen molar-refractivity contribution in [1.82, 2.24) is 5.32 Å². The van der Waals surface area contributed by atoms with Gasteiger partial charge in [-0.2, -0.15) is 0 Å². The molecule has 0 bridgehead atoms. The normalized spacial score (nSPS) is 27.0. The van der Waals surface area contributed by atoms with E-state index in [9.17, 15) is 0 Å². The van der Waals surface area contributed by atoms with Crippen LogP contribution in [0.15, 0.2) is 0 Å². The molecule has 14 heavy (non-hydrogen) atoms. The van der Waals surface area contributed by atoms with E-state index in [0.717, 1.165) is 25.2 Å². The van der Waals surface area contributed by atoms with Gasteiger partial charge in [0.15, 0.2) is 0 Å². The number of hydrogen-bond acceptors (Lipinski definition) is 2. The molecule has 0 aromatic rings. The molecule has 0 heterocycles. The predicted octanol–water partition coefficient (Wildman–Crippen LogP) is 2.58. The Bertz CT molecular complexity index is 138. The van der Waals surface area contributed by atoms with Crippen LogP contribution < -0.4 is 5.32 Å². The highest BCUT2D eigenvalue weighted by Gasteiger charge is 2.24. The molecule has 2 nitrogen and oxygen atoms in total. The molecule has 84 valence electrons.